The Morgan fingerprint density at radius 1 is 1.64 bits per heavy atom. The Morgan fingerprint density at radius 3 is 2.93 bits per heavy atom. The number of carbonyl (C=O) groups is 1. The molecule has 0 aromatic heterocycles. The van der Waals surface area contributed by atoms with E-state index >= 15 is 0 Å². The summed E-state index contributed by atoms with van der Waals surface area (Å²) in [6, 6.07) is 1.07. The normalized spacial score (nSPS) is 25.2. The fraction of sp³-hybridized carbons (Fsp3) is 0.909. The van der Waals surface area contributed by atoms with Crippen molar-refractivity contribution in [3.8, 4) is 0 Å². The van der Waals surface area contributed by atoms with Crippen LogP contribution in [-0.2, 0) is 4.79 Å². The van der Waals surface area contributed by atoms with Crippen molar-refractivity contribution in [1.29, 1.82) is 0 Å². The molecule has 1 heterocycles. The fourth-order valence-electron chi connectivity index (χ4n) is 2.07. The molecule has 3 heteroatoms. The zero-order chi connectivity index (χ0) is 10.6. The molecule has 0 aromatic carbocycles. The maximum absolute atomic E-state index is 11.2. The minimum Gasteiger partial charge on any atom is -0.344 e. The van der Waals surface area contributed by atoms with E-state index in [9.17, 15) is 4.79 Å². The lowest BCUT2D eigenvalue weighted by Gasteiger charge is -2.32. The highest BCUT2D eigenvalue weighted by Crippen LogP contribution is 2.11. The van der Waals surface area contributed by atoms with Crippen LogP contribution < -0.4 is 5.32 Å². The summed E-state index contributed by atoms with van der Waals surface area (Å²) in [6.07, 6.45) is 4.13. The highest BCUT2D eigenvalue weighted by atomic mass is 16.2. The molecule has 0 radical (unpaired) electrons. The summed E-state index contributed by atoms with van der Waals surface area (Å²) in [5.41, 5.74) is 0. The summed E-state index contributed by atoms with van der Waals surface area (Å²) in [5.74, 6) is 0.284. The first-order valence-electron chi connectivity index (χ1n) is 5.63. The molecule has 0 aliphatic carbocycles. The van der Waals surface area contributed by atoms with Crippen LogP contribution in [0.25, 0.3) is 0 Å². The number of rotatable bonds is 4. The van der Waals surface area contributed by atoms with Gasteiger partial charge in [-0.25, -0.2) is 0 Å². The molecular weight excluding hydrogens is 176 g/mol. The number of piperidine rings is 1. The molecule has 1 aliphatic rings. The predicted octanol–water partition coefficient (Wildman–Crippen LogP) is 1.39. The van der Waals surface area contributed by atoms with Crippen LogP contribution in [0.1, 0.15) is 39.5 Å². The van der Waals surface area contributed by atoms with E-state index in [-0.39, 0.29) is 5.91 Å². The lowest BCUT2D eigenvalue weighted by molar-refractivity contribution is -0.132. The number of amides is 1. The molecule has 1 aliphatic heterocycles. The van der Waals surface area contributed by atoms with Gasteiger partial charge in [-0.1, -0.05) is 13.3 Å². The van der Waals surface area contributed by atoms with Gasteiger partial charge in [-0.05, 0) is 19.8 Å². The fourth-order valence-corrected chi connectivity index (χ4v) is 2.07. The van der Waals surface area contributed by atoms with Gasteiger partial charge in [-0.3, -0.25) is 4.79 Å². The minimum absolute atomic E-state index is 0.284. The molecule has 14 heavy (non-hydrogen) atoms. The highest BCUT2D eigenvalue weighted by Gasteiger charge is 2.23. The van der Waals surface area contributed by atoms with Crippen LogP contribution in [0.4, 0.5) is 0 Å². The third kappa shape index (κ3) is 3.29. The number of likely N-dealkylation sites (tertiary alicyclic amines) is 1. The van der Waals surface area contributed by atoms with E-state index in [1.165, 1.54) is 12.8 Å². The number of nitrogens with zero attached hydrogens (tertiary/aromatic N) is 1. The molecule has 1 N–H and O–H groups in total. The molecule has 0 saturated carbocycles. The number of nitrogens with one attached hydrogen (secondary N) is 1. The Kier molecular flexibility index (Phi) is 4.39. The van der Waals surface area contributed by atoms with Gasteiger partial charge >= 0.3 is 0 Å². The van der Waals surface area contributed by atoms with E-state index in [0.29, 0.717) is 18.5 Å². The molecule has 0 aromatic rings. The van der Waals surface area contributed by atoms with Crippen molar-refractivity contribution in [2.45, 2.75) is 51.6 Å². The summed E-state index contributed by atoms with van der Waals surface area (Å²) in [6.45, 7) is 5.29. The van der Waals surface area contributed by atoms with E-state index in [4.69, 9.17) is 0 Å². The third-order valence-corrected chi connectivity index (χ3v) is 2.87. The minimum atomic E-state index is 0.284. The molecule has 1 rings (SSSR count). The summed E-state index contributed by atoms with van der Waals surface area (Å²) in [4.78, 5) is 13.1. The van der Waals surface area contributed by atoms with Crippen molar-refractivity contribution in [2.75, 3.05) is 13.6 Å². The van der Waals surface area contributed by atoms with Crippen LogP contribution in [0.3, 0.4) is 0 Å². The van der Waals surface area contributed by atoms with Gasteiger partial charge in [-0.2, -0.15) is 0 Å². The molecule has 2 unspecified atom stereocenters. The molecule has 1 amide bonds. The second-order valence-corrected chi connectivity index (χ2v) is 4.37. The Labute approximate surface area is 86.9 Å². The molecule has 2 atom stereocenters. The van der Waals surface area contributed by atoms with Gasteiger partial charge in [0.2, 0.25) is 5.91 Å². The van der Waals surface area contributed by atoms with Crippen molar-refractivity contribution >= 4 is 5.91 Å². The Balaban J connectivity index is 2.29. The van der Waals surface area contributed by atoms with Crippen molar-refractivity contribution in [3.05, 3.63) is 0 Å². The Morgan fingerprint density at radius 2 is 2.36 bits per heavy atom. The third-order valence-electron chi connectivity index (χ3n) is 2.87. The van der Waals surface area contributed by atoms with E-state index < -0.39 is 0 Å². The zero-order valence-electron chi connectivity index (χ0n) is 9.55. The Hall–Kier alpha value is -0.570. The van der Waals surface area contributed by atoms with Crippen LogP contribution in [0, 0.1) is 0 Å². The van der Waals surface area contributed by atoms with Gasteiger partial charge in [0.1, 0.15) is 0 Å². The van der Waals surface area contributed by atoms with Crippen LogP contribution in [0.5, 0.6) is 0 Å². The topological polar surface area (TPSA) is 32.3 Å². The molecular formula is C11H22N2O. The van der Waals surface area contributed by atoms with Crippen molar-refractivity contribution < 1.29 is 4.79 Å². The Bertz CT molecular complexity index is 194. The van der Waals surface area contributed by atoms with Crippen LogP contribution in [0.15, 0.2) is 0 Å². The number of hydrogen-bond donors (Lipinski definition) is 1. The molecule has 82 valence electrons. The molecule has 0 bridgehead atoms. The summed E-state index contributed by atoms with van der Waals surface area (Å²) < 4.78 is 0. The van der Waals surface area contributed by atoms with Crippen molar-refractivity contribution in [2.24, 2.45) is 0 Å². The van der Waals surface area contributed by atoms with Crippen LogP contribution in [-0.4, -0.2) is 36.5 Å². The van der Waals surface area contributed by atoms with E-state index in [2.05, 4.69) is 19.2 Å². The highest BCUT2D eigenvalue weighted by molar-refractivity contribution is 5.76. The lowest BCUT2D eigenvalue weighted by atomic mass is 10.0. The summed E-state index contributed by atoms with van der Waals surface area (Å²) in [7, 11) is 1.89. The van der Waals surface area contributed by atoms with E-state index in [1.807, 2.05) is 11.9 Å². The first kappa shape index (κ1) is 11.5. The van der Waals surface area contributed by atoms with E-state index in [1.54, 1.807) is 0 Å². The molecule has 1 fully saturated rings. The van der Waals surface area contributed by atoms with E-state index in [0.717, 1.165) is 13.0 Å². The van der Waals surface area contributed by atoms with Gasteiger partial charge in [0.25, 0.3) is 0 Å². The molecule has 1 saturated heterocycles. The second kappa shape index (κ2) is 5.35. The largest absolute Gasteiger partial charge is 0.344 e. The van der Waals surface area contributed by atoms with Crippen molar-refractivity contribution in [1.82, 2.24) is 10.2 Å². The number of hydrogen-bond acceptors (Lipinski definition) is 2. The summed E-state index contributed by atoms with van der Waals surface area (Å²) >= 11 is 0. The van der Waals surface area contributed by atoms with Gasteiger partial charge < -0.3 is 10.2 Å². The maximum Gasteiger partial charge on any atom is 0.222 e. The van der Waals surface area contributed by atoms with Crippen LogP contribution in [0.2, 0.25) is 0 Å². The SMILES string of the molecule is CCCC(C)NC1CCC(=O)N(C)C1. The van der Waals surface area contributed by atoms with Gasteiger partial charge in [0, 0.05) is 32.1 Å². The zero-order valence-corrected chi connectivity index (χ0v) is 9.55. The van der Waals surface area contributed by atoms with Crippen molar-refractivity contribution in [3.63, 3.8) is 0 Å². The van der Waals surface area contributed by atoms with Gasteiger partial charge in [0.05, 0.1) is 0 Å². The lowest BCUT2D eigenvalue weighted by Crippen LogP contribution is -2.49. The molecule has 0 spiro atoms. The number of carbonyl (C=O) groups excluding carboxylic acids is 1. The average Bonchev–Trinajstić information content (AvgIpc) is 2.12. The smallest absolute Gasteiger partial charge is 0.222 e. The predicted molar refractivity (Wildman–Crippen MR) is 58.2 cm³/mol. The maximum atomic E-state index is 11.2. The average molecular weight is 198 g/mol. The van der Waals surface area contributed by atoms with Gasteiger partial charge in [0.15, 0.2) is 0 Å². The summed E-state index contributed by atoms with van der Waals surface area (Å²) in [5, 5.41) is 3.58. The van der Waals surface area contributed by atoms with Gasteiger partial charge in [-0.15, -0.1) is 0 Å². The molecule has 3 nitrogen and oxygen atoms in total. The quantitative estimate of drug-likeness (QED) is 0.740. The first-order valence-corrected chi connectivity index (χ1v) is 5.63. The van der Waals surface area contributed by atoms with Crippen LogP contribution >= 0.6 is 0 Å². The second-order valence-electron chi connectivity index (χ2n) is 4.37. The monoisotopic (exact) mass is 198 g/mol. The standard InChI is InChI=1S/C11H22N2O/c1-4-5-9(2)12-10-6-7-11(14)13(3)8-10/h9-10,12H,4-8H2,1-3H3. The number of likely N-dealkylation sites (N-methyl/N-ethyl adjacent to an activating group) is 1. The first-order chi connectivity index (χ1) is 6.63.